The van der Waals surface area contributed by atoms with Gasteiger partial charge in [0.05, 0.1) is 5.56 Å². The fourth-order valence-electron chi connectivity index (χ4n) is 3.62. The van der Waals surface area contributed by atoms with Gasteiger partial charge in [-0.05, 0) is 49.3 Å². The highest BCUT2D eigenvalue weighted by atomic mass is 19.4. The van der Waals surface area contributed by atoms with Gasteiger partial charge < -0.3 is 5.32 Å². The molecule has 1 aromatic rings. The lowest BCUT2D eigenvalue weighted by Crippen LogP contribution is -2.27. The molecule has 0 saturated heterocycles. The van der Waals surface area contributed by atoms with Crippen LogP contribution in [0.5, 0.6) is 0 Å². The monoisotopic (exact) mass is 301 g/mol. The predicted molar refractivity (Wildman–Crippen MR) is 69.0 cm³/mol. The molecule has 2 saturated carbocycles. The van der Waals surface area contributed by atoms with Crippen LogP contribution < -0.4 is 5.32 Å². The summed E-state index contributed by atoms with van der Waals surface area (Å²) in [5.74, 6) is -0.785. The Morgan fingerprint density at radius 2 is 1.95 bits per heavy atom. The number of anilines is 1. The number of halogens is 4. The molecule has 1 N–H and O–H groups in total. The van der Waals surface area contributed by atoms with Crippen molar-refractivity contribution in [1.82, 2.24) is 0 Å². The Kier molecular flexibility index (Phi) is 3.42. The summed E-state index contributed by atoms with van der Waals surface area (Å²) < 4.78 is 51.1. The lowest BCUT2D eigenvalue weighted by molar-refractivity contribution is -0.140. The van der Waals surface area contributed by atoms with Gasteiger partial charge >= 0.3 is 6.18 Å². The van der Waals surface area contributed by atoms with E-state index in [9.17, 15) is 22.4 Å². The van der Waals surface area contributed by atoms with Crippen LogP contribution in [0.15, 0.2) is 18.2 Å². The van der Waals surface area contributed by atoms with Crippen LogP contribution in [0, 0.1) is 23.6 Å². The number of fused-ring (bicyclic) bond motifs is 2. The molecule has 21 heavy (non-hydrogen) atoms. The summed E-state index contributed by atoms with van der Waals surface area (Å²) in [6, 6.07) is 2.55. The van der Waals surface area contributed by atoms with Crippen LogP contribution in [0.3, 0.4) is 0 Å². The molecule has 6 heteroatoms. The summed E-state index contributed by atoms with van der Waals surface area (Å²) in [4.78, 5) is 12.2. The van der Waals surface area contributed by atoms with E-state index in [1.807, 2.05) is 0 Å². The molecule has 0 aromatic heterocycles. The number of carbonyl (C=O) groups is 1. The van der Waals surface area contributed by atoms with E-state index in [0.29, 0.717) is 17.9 Å². The van der Waals surface area contributed by atoms with Crippen molar-refractivity contribution in [3.05, 3.63) is 29.6 Å². The van der Waals surface area contributed by atoms with Gasteiger partial charge in [0.2, 0.25) is 5.91 Å². The molecule has 0 aliphatic heterocycles. The van der Waals surface area contributed by atoms with Gasteiger partial charge in [0, 0.05) is 11.6 Å². The normalized spacial score (nSPS) is 27.9. The molecule has 1 amide bonds. The minimum atomic E-state index is -4.77. The van der Waals surface area contributed by atoms with Gasteiger partial charge in [-0.2, -0.15) is 13.2 Å². The lowest BCUT2D eigenvalue weighted by Gasteiger charge is -2.21. The molecule has 2 fully saturated rings. The van der Waals surface area contributed by atoms with Crippen molar-refractivity contribution in [2.45, 2.75) is 31.9 Å². The van der Waals surface area contributed by atoms with E-state index < -0.39 is 17.6 Å². The molecule has 1 aromatic carbocycles. The first kappa shape index (κ1) is 14.4. The number of rotatable bonds is 2. The van der Waals surface area contributed by atoms with Crippen LogP contribution in [0.25, 0.3) is 0 Å². The molecule has 2 aliphatic carbocycles. The standard InChI is InChI=1S/C15H15F4NO/c16-13-4-3-10(7-12(13)15(17,18)19)20-14(21)11-6-8-1-2-9(11)5-8/h3-4,7-9,11H,1-2,5-6H2,(H,20,21)/t8-,9+,11-/m0/s1. The van der Waals surface area contributed by atoms with E-state index in [4.69, 9.17) is 0 Å². The van der Waals surface area contributed by atoms with Gasteiger partial charge in [-0.25, -0.2) is 4.39 Å². The van der Waals surface area contributed by atoms with Gasteiger partial charge in [0.15, 0.2) is 0 Å². The predicted octanol–water partition coefficient (Wildman–Crippen LogP) is 4.22. The van der Waals surface area contributed by atoms with Crippen LogP contribution in [0.1, 0.15) is 31.2 Å². The van der Waals surface area contributed by atoms with Crippen LogP contribution >= 0.6 is 0 Å². The molecule has 0 unspecified atom stereocenters. The summed E-state index contributed by atoms with van der Waals surface area (Å²) in [5.41, 5.74) is -1.36. The highest BCUT2D eigenvalue weighted by Gasteiger charge is 2.43. The van der Waals surface area contributed by atoms with Gasteiger partial charge in [-0.3, -0.25) is 4.79 Å². The van der Waals surface area contributed by atoms with Crippen molar-refractivity contribution in [2.24, 2.45) is 17.8 Å². The first-order valence-electron chi connectivity index (χ1n) is 7.02. The number of hydrogen-bond donors (Lipinski definition) is 1. The van der Waals surface area contributed by atoms with Gasteiger partial charge in [-0.15, -0.1) is 0 Å². The molecule has 2 nitrogen and oxygen atoms in total. The number of carbonyl (C=O) groups excluding carboxylic acids is 1. The average Bonchev–Trinajstić information content (AvgIpc) is 3.02. The molecular formula is C15H15F4NO. The first-order chi connectivity index (χ1) is 9.84. The summed E-state index contributed by atoms with van der Waals surface area (Å²) in [6.07, 6.45) is -0.764. The van der Waals surface area contributed by atoms with Crippen LogP contribution in [-0.2, 0) is 11.0 Å². The van der Waals surface area contributed by atoms with Crippen LogP contribution in [0.4, 0.5) is 23.2 Å². The Labute approximate surface area is 119 Å². The Morgan fingerprint density at radius 3 is 2.52 bits per heavy atom. The van der Waals surface area contributed by atoms with Crippen molar-refractivity contribution < 1.29 is 22.4 Å². The highest BCUT2D eigenvalue weighted by Crippen LogP contribution is 2.48. The van der Waals surface area contributed by atoms with Crippen molar-refractivity contribution in [3.8, 4) is 0 Å². The second kappa shape index (κ2) is 5.00. The quantitative estimate of drug-likeness (QED) is 0.814. The molecule has 3 atom stereocenters. The van der Waals surface area contributed by atoms with E-state index in [1.165, 1.54) is 0 Å². The Hall–Kier alpha value is -1.59. The fourth-order valence-corrected chi connectivity index (χ4v) is 3.62. The topological polar surface area (TPSA) is 29.1 Å². The molecule has 2 bridgehead atoms. The van der Waals surface area contributed by atoms with Gasteiger partial charge in [0.25, 0.3) is 0 Å². The maximum absolute atomic E-state index is 13.2. The third kappa shape index (κ3) is 2.76. The van der Waals surface area contributed by atoms with E-state index in [1.54, 1.807) is 0 Å². The summed E-state index contributed by atoms with van der Waals surface area (Å²) in [6.45, 7) is 0. The third-order valence-corrected chi connectivity index (χ3v) is 4.61. The largest absolute Gasteiger partial charge is 0.419 e. The first-order valence-corrected chi connectivity index (χ1v) is 7.02. The van der Waals surface area contributed by atoms with Crippen molar-refractivity contribution >= 4 is 11.6 Å². The minimum Gasteiger partial charge on any atom is -0.326 e. The van der Waals surface area contributed by atoms with Crippen molar-refractivity contribution in [3.63, 3.8) is 0 Å². The minimum absolute atomic E-state index is 0.00324. The second-order valence-electron chi connectivity index (χ2n) is 5.96. The number of alkyl halides is 3. The molecule has 0 radical (unpaired) electrons. The summed E-state index contributed by atoms with van der Waals surface area (Å²) in [5, 5.41) is 2.50. The van der Waals surface area contributed by atoms with Gasteiger partial charge in [-0.1, -0.05) is 6.42 Å². The number of hydrogen-bond acceptors (Lipinski definition) is 1. The fraction of sp³-hybridized carbons (Fsp3) is 0.533. The molecule has 3 rings (SSSR count). The SMILES string of the molecule is O=C(Nc1ccc(F)c(C(F)(F)F)c1)[C@H]1C[C@H]2CC[C@@H]1C2. The Bertz CT molecular complexity index is 569. The zero-order chi connectivity index (χ0) is 15.2. The second-order valence-corrected chi connectivity index (χ2v) is 5.96. The molecule has 114 valence electrons. The van der Waals surface area contributed by atoms with Crippen LogP contribution in [0.2, 0.25) is 0 Å². The van der Waals surface area contributed by atoms with Crippen molar-refractivity contribution in [1.29, 1.82) is 0 Å². The van der Waals surface area contributed by atoms with Crippen molar-refractivity contribution in [2.75, 3.05) is 5.32 Å². The maximum atomic E-state index is 13.2. The van der Waals surface area contributed by atoms with Gasteiger partial charge in [0.1, 0.15) is 5.82 Å². The van der Waals surface area contributed by atoms with Crippen LogP contribution in [-0.4, -0.2) is 5.91 Å². The third-order valence-electron chi connectivity index (χ3n) is 4.61. The summed E-state index contributed by atoms with van der Waals surface area (Å²) >= 11 is 0. The zero-order valence-electron chi connectivity index (χ0n) is 11.2. The number of nitrogens with one attached hydrogen (secondary N) is 1. The smallest absolute Gasteiger partial charge is 0.326 e. The number of benzene rings is 1. The lowest BCUT2D eigenvalue weighted by atomic mass is 9.88. The average molecular weight is 301 g/mol. The molecule has 2 aliphatic rings. The van der Waals surface area contributed by atoms with E-state index in [2.05, 4.69) is 5.32 Å². The maximum Gasteiger partial charge on any atom is 0.419 e. The van der Waals surface area contributed by atoms with E-state index in [-0.39, 0.29) is 17.5 Å². The van der Waals surface area contributed by atoms with E-state index in [0.717, 1.165) is 37.8 Å². The number of amides is 1. The molecule has 0 heterocycles. The Balaban J connectivity index is 1.75. The Morgan fingerprint density at radius 1 is 1.19 bits per heavy atom. The molecular weight excluding hydrogens is 286 g/mol. The highest BCUT2D eigenvalue weighted by molar-refractivity contribution is 5.93. The van der Waals surface area contributed by atoms with E-state index >= 15 is 0 Å². The summed E-state index contributed by atoms with van der Waals surface area (Å²) in [7, 11) is 0. The molecule has 0 spiro atoms. The zero-order valence-corrected chi connectivity index (χ0v) is 11.2.